The first-order valence-corrected chi connectivity index (χ1v) is 6.32. The molecule has 1 aromatic rings. The molecule has 100 valence electrons. The summed E-state index contributed by atoms with van der Waals surface area (Å²) in [7, 11) is 1.44. The summed E-state index contributed by atoms with van der Waals surface area (Å²) in [6.45, 7) is 2.48. The maximum Gasteiger partial charge on any atom is 0.255 e. The third-order valence-electron chi connectivity index (χ3n) is 2.65. The molecule has 1 amide bonds. The van der Waals surface area contributed by atoms with Crippen molar-refractivity contribution in [1.29, 1.82) is 0 Å². The molecule has 0 aliphatic rings. The van der Waals surface area contributed by atoms with Gasteiger partial charge < -0.3 is 15.2 Å². The zero-order valence-corrected chi connectivity index (χ0v) is 11.3. The van der Waals surface area contributed by atoms with E-state index in [1.807, 2.05) is 6.92 Å². The highest BCUT2D eigenvalue weighted by molar-refractivity contribution is 6.20. The van der Waals surface area contributed by atoms with Crippen LogP contribution < -0.4 is 10.1 Å². The molecule has 2 N–H and O–H groups in total. The van der Waals surface area contributed by atoms with Gasteiger partial charge in [0.2, 0.25) is 0 Å². The molecule has 0 aliphatic carbocycles. The molecule has 0 saturated carbocycles. The number of hydrogen-bond acceptors (Lipinski definition) is 3. The summed E-state index contributed by atoms with van der Waals surface area (Å²) in [5.74, 6) is -0.187. The normalized spacial score (nSPS) is 11.9. The number of phenolic OH excluding ortho intramolecular Hbond substituents is 1. The molecular weight excluding hydrogens is 254 g/mol. The average molecular weight is 272 g/mol. The fourth-order valence-electron chi connectivity index (χ4n) is 1.51. The number of rotatable bonds is 6. The van der Waals surface area contributed by atoms with Gasteiger partial charge in [-0.2, -0.15) is 0 Å². The highest BCUT2D eigenvalue weighted by atomic mass is 35.5. The van der Waals surface area contributed by atoms with Crippen LogP contribution in [0.25, 0.3) is 0 Å². The maximum atomic E-state index is 11.8. The average Bonchev–Trinajstić information content (AvgIpc) is 2.38. The number of carbonyl (C=O) groups excluding carboxylic acids is 1. The third kappa shape index (κ3) is 3.81. The number of carbonyl (C=O) groups is 1. The number of halogens is 1. The number of nitrogens with one attached hydrogen (secondary N) is 1. The van der Waals surface area contributed by atoms with Gasteiger partial charge in [0, 0.05) is 11.9 Å². The van der Waals surface area contributed by atoms with Gasteiger partial charge in [-0.3, -0.25) is 4.79 Å². The van der Waals surface area contributed by atoms with Crippen molar-refractivity contribution in [3.05, 3.63) is 23.8 Å². The van der Waals surface area contributed by atoms with E-state index in [1.54, 1.807) is 18.2 Å². The molecule has 1 atom stereocenters. The molecule has 1 aromatic carbocycles. The zero-order chi connectivity index (χ0) is 13.5. The van der Waals surface area contributed by atoms with Crippen molar-refractivity contribution in [2.24, 2.45) is 0 Å². The van der Waals surface area contributed by atoms with E-state index < -0.39 is 0 Å². The van der Waals surface area contributed by atoms with Crippen molar-refractivity contribution in [2.75, 3.05) is 13.7 Å². The van der Waals surface area contributed by atoms with E-state index in [4.69, 9.17) is 16.3 Å². The number of amides is 1. The fraction of sp³-hybridized carbons (Fsp3) is 0.462. The SMILES string of the molecule is CCC(Cl)CCNC(=O)c1cccc(OC)c1O. The molecule has 5 heteroatoms. The van der Waals surface area contributed by atoms with Crippen molar-refractivity contribution in [3.8, 4) is 11.5 Å². The van der Waals surface area contributed by atoms with Gasteiger partial charge in [0.05, 0.1) is 12.7 Å². The van der Waals surface area contributed by atoms with Crippen molar-refractivity contribution in [1.82, 2.24) is 5.32 Å². The highest BCUT2D eigenvalue weighted by Crippen LogP contribution is 2.29. The lowest BCUT2D eigenvalue weighted by Crippen LogP contribution is -2.26. The Labute approximate surface area is 112 Å². The monoisotopic (exact) mass is 271 g/mol. The molecule has 18 heavy (non-hydrogen) atoms. The van der Waals surface area contributed by atoms with E-state index in [1.165, 1.54) is 7.11 Å². The van der Waals surface area contributed by atoms with E-state index in [2.05, 4.69) is 5.32 Å². The van der Waals surface area contributed by atoms with Crippen molar-refractivity contribution in [3.63, 3.8) is 0 Å². The lowest BCUT2D eigenvalue weighted by Gasteiger charge is -2.10. The molecule has 4 nitrogen and oxygen atoms in total. The van der Waals surface area contributed by atoms with Gasteiger partial charge >= 0.3 is 0 Å². The summed E-state index contributed by atoms with van der Waals surface area (Å²) in [6, 6.07) is 4.80. The minimum atomic E-state index is -0.327. The van der Waals surface area contributed by atoms with Gasteiger partial charge in [-0.15, -0.1) is 11.6 Å². The standard InChI is InChI=1S/C13H18ClNO3/c1-3-9(14)7-8-15-13(17)10-5-4-6-11(18-2)12(10)16/h4-6,9,16H,3,7-8H2,1-2H3,(H,15,17). The summed E-state index contributed by atoms with van der Waals surface area (Å²) in [6.07, 6.45) is 1.57. The summed E-state index contributed by atoms with van der Waals surface area (Å²) in [5, 5.41) is 12.6. The van der Waals surface area contributed by atoms with Gasteiger partial charge in [0.15, 0.2) is 11.5 Å². The molecule has 0 spiro atoms. The number of ether oxygens (including phenoxy) is 1. The van der Waals surface area contributed by atoms with Gasteiger partial charge in [-0.25, -0.2) is 0 Å². The molecule has 1 rings (SSSR count). The molecule has 0 aromatic heterocycles. The second kappa shape index (κ2) is 7.11. The summed E-state index contributed by atoms with van der Waals surface area (Å²) in [5.41, 5.74) is 0.206. The largest absolute Gasteiger partial charge is 0.504 e. The van der Waals surface area contributed by atoms with E-state index in [0.717, 1.165) is 6.42 Å². The number of hydrogen-bond donors (Lipinski definition) is 2. The van der Waals surface area contributed by atoms with Crippen LogP contribution in [0, 0.1) is 0 Å². The molecule has 0 aliphatic heterocycles. The van der Waals surface area contributed by atoms with Crippen LogP contribution in [0.3, 0.4) is 0 Å². The molecule has 0 radical (unpaired) electrons. The summed E-state index contributed by atoms with van der Waals surface area (Å²) >= 11 is 5.95. The Bertz CT molecular complexity index is 409. The molecule has 0 bridgehead atoms. The maximum absolute atomic E-state index is 11.8. The van der Waals surface area contributed by atoms with Crippen molar-refractivity contribution in [2.45, 2.75) is 25.1 Å². The van der Waals surface area contributed by atoms with E-state index >= 15 is 0 Å². The Morgan fingerprint density at radius 2 is 2.28 bits per heavy atom. The Balaban J connectivity index is 2.62. The number of methoxy groups -OCH3 is 1. The minimum Gasteiger partial charge on any atom is -0.504 e. The topological polar surface area (TPSA) is 58.6 Å². The number of para-hydroxylation sites is 1. The van der Waals surface area contributed by atoms with Crippen LogP contribution in [-0.2, 0) is 0 Å². The first-order chi connectivity index (χ1) is 8.60. The second-order valence-corrected chi connectivity index (χ2v) is 4.52. The molecule has 0 fully saturated rings. The first kappa shape index (κ1) is 14.6. The van der Waals surface area contributed by atoms with Gasteiger partial charge in [-0.1, -0.05) is 13.0 Å². The lowest BCUT2D eigenvalue weighted by molar-refractivity contribution is 0.0950. The number of phenols is 1. The number of benzene rings is 1. The number of alkyl halides is 1. The fourth-order valence-corrected chi connectivity index (χ4v) is 1.62. The zero-order valence-electron chi connectivity index (χ0n) is 10.6. The van der Waals surface area contributed by atoms with Crippen molar-refractivity contribution < 1.29 is 14.6 Å². The van der Waals surface area contributed by atoms with Gasteiger partial charge in [0.25, 0.3) is 5.91 Å². The van der Waals surface area contributed by atoms with E-state index in [9.17, 15) is 9.90 Å². The van der Waals surface area contributed by atoms with Crippen molar-refractivity contribution >= 4 is 17.5 Å². The van der Waals surface area contributed by atoms with Crippen LogP contribution in [-0.4, -0.2) is 30.0 Å². The predicted octanol–water partition coefficient (Wildman–Crippen LogP) is 2.54. The molecule has 1 unspecified atom stereocenters. The van der Waals surface area contributed by atoms with Crippen LogP contribution >= 0.6 is 11.6 Å². The molecule has 0 heterocycles. The Hall–Kier alpha value is -1.42. The van der Waals surface area contributed by atoms with Crippen LogP contribution in [0.2, 0.25) is 0 Å². The van der Waals surface area contributed by atoms with E-state index in [0.29, 0.717) is 13.0 Å². The second-order valence-electron chi connectivity index (χ2n) is 3.91. The van der Waals surface area contributed by atoms with Crippen LogP contribution in [0.15, 0.2) is 18.2 Å². The van der Waals surface area contributed by atoms with E-state index in [-0.39, 0.29) is 28.3 Å². The van der Waals surface area contributed by atoms with Gasteiger partial charge in [-0.05, 0) is 25.0 Å². The molecular formula is C13H18ClNO3. The Morgan fingerprint density at radius 3 is 2.89 bits per heavy atom. The summed E-state index contributed by atoms with van der Waals surface area (Å²) < 4.78 is 4.94. The predicted molar refractivity (Wildman–Crippen MR) is 71.5 cm³/mol. The first-order valence-electron chi connectivity index (χ1n) is 5.88. The Morgan fingerprint density at radius 1 is 1.56 bits per heavy atom. The van der Waals surface area contributed by atoms with Crippen LogP contribution in [0.4, 0.5) is 0 Å². The van der Waals surface area contributed by atoms with Crippen LogP contribution in [0.5, 0.6) is 11.5 Å². The third-order valence-corrected chi connectivity index (χ3v) is 3.18. The highest BCUT2D eigenvalue weighted by Gasteiger charge is 2.14. The molecule has 0 saturated heterocycles. The smallest absolute Gasteiger partial charge is 0.255 e. The lowest BCUT2D eigenvalue weighted by atomic mass is 10.1. The quantitative estimate of drug-likeness (QED) is 0.782. The number of aromatic hydroxyl groups is 1. The Kier molecular flexibility index (Phi) is 5.78. The van der Waals surface area contributed by atoms with Crippen LogP contribution in [0.1, 0.15) is 30.1 Å². The minimum absolute atomic E-state index is 0.0595. The van der Waals surface area contributed by atoms with Gasteiger partial charge in [0.1, 0.15) is 0 Å². The summed E-state index contributed by atoms with van der Waals surface area (Å²) in [4.78, 5) is 11.8.